The summed E-state index contributed by atoms with van der Waals surface area (Å²) < 4.78 is 1.76. The largest absolute Gasteiger partial charge is 0.361 e. The van der Waals surface area contributed by atoms with Gasteiger partial charge in [-0.3, -0.25) is 4.79 Å². The first-order chi connectivity index (χ1) is 13.8. The van der Waals surface area contributed by atoms with Crippen LogP contribution in [0.25, 0.3) is 16.6 Å². The molecule has 3 heterocycles. The molecular formula is C23H22N4O. The monoisotopic (exact) mass is 370 g/mol. The standard InChI is InChI=1S/C23H22N4O/c28-23(18-14-25-27(16-18)19-6-2-1-3-7-19)26-12-10-17(11-13-26)21-15-24-22-9-5-4-8-20(21)22/h1-9,14-17,24H,10-13H2. The zero-order valence-electron chi connectivity index (χ0n) is 15.6. The molecule has 5 rings (SSSR count). The quantitative estimate of drug-likeness (QED) is 0.582. The number of nitrogens with one attached hydrogen (secondary N) is 1. The van der Waals surface area contributed by atoms with Gasteiger partial charge in [-0.05, 0) is 42.5 Å². The number of para-hydroxylation sites is 2. The second-order valence-electron chi connectivity index (χ2n) is 7.37. The van der Waals surface area contributed by atoms with Gasteiger partial charge in [0.15, 0.2) is 0 Å². The third kappa shape index (κ3) is 2.99. The van der Waals surface area contributed by atoms with Crippen LogP contribution in [0.4, 0.5) is 0 Å². The Hall–Kier alpha value is -3.34. The minimum absolute atomic E-state index is 0.0690. The SMILES string of the molecule is O=C(c1cnn(-c2ccccc2)c1)N1CCC(c2c[nH]c3ccccc23)CC1. The van der Waals surface area contributed by atoms with Crippen molar-refractivity contribution < 1.29 is 4.79 Å². The molecule has 140 valence electrons. The second kappa shape index (κ2) is 7.00. The molecular weight excluding hydrogens is 348 g/mol. The van der Waals surface area contributed by atoms with Gasteiger partial charge in [-0.25, -0.2) is 4.68 Å². The summed E-state index contributed by atoms with van der Waals surface area (Å²) in [5.41, 5.74) is 4.16. The Bertz CT molecular complexity index is 1100. The number of hydrogen-bond acceptors (Lipinski definition) is 2. The van der Waals surface area contributed by atoms with Crippen molar-refractivity contribution in [2.75, 3.05) is 13.1 Å². The Kier molecular flexibility index (Phi) is 4.20. The molecule has 1 amide bonds. The maximum Gasteiger partial charge on any atom is 0.257 e. The summed E-state index contributed by atoms with van der Waals surface area (Å²) in [6, 6.07) is 18.3. The molecule has 0 atom stereocenters. The smallest absolute Gasteiger partial charge is 0.257 e. The highest BCUT2D eigenvalue weighted by Crippen LogP contribution is 2.33. The number of piperidine rings is 1. The third-order valence-electron chi connectivity index (χ3n) is 5.69. The summed E-state index contributed by atoms with van der Waals surface area (Å²) in [6.45, 7) is 1.55. The van der Waals surface area contributed by atoms with E-state index in [1.165, 1.54) is 16.5 Å². The lowest BCUT2D eigenvalue weighted by molar-refractivity contribution is 0.0713. The fraction of sp³-hybridized carbons (Fsp3) is 0.217. The molecule has 2 aromatic carbocycles. The topological polar surface area (TPSA) is 53.9 Å². The number of aromatic nitrogens is 3. The maximum atomic E-state index is 12.9. The lowest BCUT2D eigenvalue weighted by atomic mass is 9.89. The van der Waals surface area contributed by atoms with Crippen molar-refractivity contribution in [2.24, 2.45) is 0 Å². The van der Waals surface area contributed by atoms with Crippen LogP contribution in [0, 0.1) is 0 Å². The van der Waals surface area contributed by atoms with E-state index in [9.17, 15) is 4.79 Å². The number of fused-ring (bicyclic) bond motifs is 1. The van der Waals surface area contributed by atoms with Gasteiger partial charge in [-0.15, -0.1) is 0 Å². The zero-order valence-corrected chi connectivity index (χ0v) is 15.6. The first-order valence-corrected chi connectivity index (χ1v) is 9.75. The van der Waals surface area contributed by atoms with Gasteiger partial charge in [0, 0.05) is 36.4 Å². The van der Waals surface area contributed by atoms with E-state index in [-0.39, 0.29) is 5.91 Å². The molecule has 1 aliphatic rings. The van der Waals surface area contributed by atoms with Gasteiger partial charge >= 0.3 is 0 Å². The highest BCUT2D eigenvalue weighted by atomic mass is 16.2. The summed E-state index contributed by atoms with van der Waals surface area (Å²) in [6.07, 6.45) is 7.60. The molecule has 2 aromatic heterocycles. The van der Waals surface area contributed by atoms with Gasteiger partial charge in [0.1, 0.15) is 0 Å². The van der Waals surface area contributed by atoms with E-state index in [0.717, 1.165) is 31.6 Å². The maximum absolute atomic E-state index is 12.9. The molecule has 1 aliphatic heterocycles. The predicted octanol–water partition coefficient (Wildman–Crippen LogP) is 4.37. The van der Waals surface area contributed by atoms with Crippen molar-refractivity contribution in [2.45, 2.75) is 18.8 Å². The normalized spacial score (nSPS) is 15.2. The summed E-state index contributed by atoms with van der Waals surface area (Å²) >= 11 is 0. The average molecular weight is 370 g/mol. The van der Waals surface area contributed by atoms with Crippen LogP contribution in [0.3, 0.4) is 0 Å². The van der Waals surface area contributed by atoms with E-state index in [1.807, 2.05) is 41.4 Å². The van der Waals surface area contributed by atoms with E-state index < -0.39 is 0 Å². The Morgan fingerprint density at radius 3 is 2.57 bits per heavy atom. The molecule has 0 saturated carbocycles. The van der Waals surface area contributed by atoms with Gasteiger partial charge < -0.3 is 9.88 Å². The summed E-state index contributed by atoms with van der Waals surface area (Å²) in [4.78, 5) is 18.2. The molecule has 1 fully saturated rings. The highest BCUT2D eigenvalue weighted by molar-refractivity contribution is 5.94. The van der Waals surface area contributed by atoms with Crippen molar-refractivity contribution in [3.05, 3.63) is 84.3 Å². The average Bonchev–Trinajstić information content (AvgIpc) is 3.42. The van der Waals surface area contributed by atoms with Crippen LogP contribution in [0.1, 0.15) is 34.7 Å². The number of rotatable bonds is 3. The van der Waals surface area contributed by atoms with Crippen LogP contribution in [-0.4, -0.2) is 38.7 Å². The molecule has 1 N–H and O–H groups in total. The highest BCUT2D eigenvalue weighted by Gasteiger charge is 2.26. The number of aromatic amines is 1. The van der Waals surface area contributed by atoms with Crippen LogP contribution in [0.15, 0.2) is 73.2 Å². The first kappa shape index (κ1) is 16.8. The van der Waals surface area contributed by atoms with Gasteiger partial charge in [0.05, 0.1) is 17.4 Å². The fourth-order valence-electron chi connectivity index (χ4n) is 4.16. The molecule has 28 heavy (non-hydrogen) atoms. The van der Waals surface area contributed by atoms with Crippen LogP contribution in [0.5, 0.6) is 0 Å². The van der Waals surface area contributed by atoms with Gasteiger partial charge in [-0.1, -0.05) is 36.4 Å². The van der Waals surface area contributed by atoms with Crippen LogP contribution in [0.2, 0.25) is 0 Å². The molecule has 0 aliphatic carbocycles. The van der Waals surface area contributed by atoms with Crippen molar-refractivity contribution in [3.63, 3.8) is 0 Å². The number of H-pyrrole nitrogens is 1. The molecule has 0 bridgehead atoms. The molecule has 5 nitrogen and oxygen atoms in total. The molecule has 0 unspecified atom stereocenters. The number of hydrogen-bond donors (Lipinski definition) is 1. The molecule has 5 heteroatoms. The number of carbonyl (C=O) groups excluding carboxylic acids is 1. The summed E-state index contributed by atoms with van der Waals surface area (Å²) in [5, 5.41) is 5.66. The van der Waals surface area contributed by atoms with E-state index in [4.69, 9.17) is 0 Å². The van der Waals surface area contributed by atoms with Gasteiger partial charge in [0.2, 0.25) is 0 Å². The number of benzene rings is 2. The Balaban J connectivity index is 1.28. The number of amides is 1. The molecule has 4 aromatic rings. The lowest BCUT2D eigenvalue weighted by Gasteiger charge is -2.31. The molecule has 0 spiro atoms. The minimum Gasteiger partial charge on any atom is -0.361 e. The number of likely N-dealkylation sites (tertiary alicyclic amines) is 1. The first-order valence-electron chi connectivity index (χ1n) is 9.75. The van der Waals surface area contributed by atoms with E-state index in [0.29, 0.717) is 11.5 Å². The van der Waals surface area contributed by atoms with Gasteiger partial charge in [0.25, 0.3) is 5.91 Å². The number of nitrogens with zero attached hydrogens (tertiary/aromatic N) is 3. The van der Waals surface area contributed by atoms with Crippen molar-refractivity contribution >= 4 is 16.8 Å². The molecule has 0 radical (unpaired) electrons. The Labute approximate surface area is 163 Å². The van der Waals surface area contributed by atoms with Crippen LogP contribution >= 0.6 is 0 Å². The summed E-state index contributed by atoms with van der Waals surface area (Å²) in [7, 11) is 0. The second-order valence-corrected chi connectivity index (χ2v) is 7.37. The molecule has 1 saturated heterocycles. The van der Waals surface area contributed by atoms with Crippen molar-refractivity contribution in [1.29, 1.82) is 0 Å². The van der Waals surface area contributed by atoms with Crippen molar-refractivity contribution in [3.8, 4) is 5.69 Å². The lowest BCUT2D eigenvalue weighted by Crippen LogP contribution is -2.37. The number of carbonyl (C=O) groups is 1. The third-order valence-corrected chi connectivity index (χ3v) is 5.69. The van der Waals surface area contributed by atoms with Crippen molar-refractivity contribution in [1.82, 2.24) is 19.7 Å². The minimum atomic E-state index is 0.0690. The van der Waals surface area contributed by atoms with Gasteiger partial charge in [-0.2, -0.15) is 5.10 Å². The van der Waals surface area contributed by atoms with Crippen LogP contribution < -0.4 is 0 Å². The van der Waals surface area contributed by atoms with E-state index >= 15 is 0 Å². The Morgan fingerprint density at radius 1 is 1.00 bits per heavy atom. The van der Waals surface area contributed by atoms with E-state index in [1.54, 1.807) is 10.9 Å². The summed E-state index contributed by atoms with van der Waals surface area (Å²) in [5.74, 6) is 0.562. The van der Waals surface area contributed by atoms with E-state index in [2.05, 4.69) is 40.5 Å². The Morgan fingerprint density at radius 2 is 1.75 bits per heavy atom. The fourth-order valence-corrected chi connectivity index (χ4v) is 4.16. The van der Waals surface area contributed by atoms with Crippen LogP contribution in [-0.2, 0) is 0 Å². The predicted molar refractivity (Wildman–Crippen MR) is 110 cm³/mol. The zero-order chi connectivity index (χ0) is 18.9.